The molecule has 0 aliphatic carbocycles. The lowest BCUT2D eigenvalue weighted by Crippen LogP contribution is -2.49. The Morgan fingerprint density at radius 2 is 1.79 bits per heavy atom. The molecule has 0 radical (unpaired) electrons. The van der Waals surface area contributed by atoms with Crippen molar-refractivity contribution in [3.8, 4) is 22.0 Å². The van der Waals surface area contributed by atoms with E-state index in [4.69, 9.17) is 16.6 Å². The summed E-state index contributed by atoms with van der Waals surface area (Å²) < 4.78 is 2.21. The molecule has 1 aliphatic rings. The Morgan fingerprint density at radius 1 is 1.00 bits per heavy atom. The van der Waals surface area contributed by atoms with Gasteiger partial charge in [-0.3, -0.25) is 4.79 Å². The van der Waals surface area contributed by atoms with E-state index in [9.17, 15) is 4.79 Å². The van der Waals surface area contributed by atoms with Crippen molar-refractivity contribution in [2.45, 2.75) is 13.5 Å². The molecule has 5 aromatic rings. The molecule has 38 heavy (non-hydrogen) atoms. The molecule has 0 bridgehead atoms. The number of hydrogen-bond acceptors (Lipinski definition) is 7. The number of thiophene rings is 1. The number of amides is 1. The molecule has 1 aromatic carbocycles. The first-order valence-electron chi connectivity index (χ1n) is 12.3. The molecule has 1 amide bonds. The van der Waals surface area contributed by atoms with Gasteiger partial charge in [-0.05, 0) is 36.6 Å². The molecule has 4 aromatic heterocycles. The fourth-order valence-electron chi connectivity index (χ4n) is 4.72. The first kappa shape index (κ1) is 24.8. The summed E-state index contributed by atoms with van der Waals surface area (Å²) in [6, 6.07) is 15.7. The number of carbonyl (C=O) groups excluding carboxylic acids is 1. The Labute approximate surface area is 234 Å². The molecule has 7 nitrogen and oxygen atoms in total. The highest BCUT2D eigenvalue weighted by atomic mass is 35.5. The van der Waals surface area contributed by atoms with Gasteiger partial charge in [0.15, 0.2) is 0 Å². The lowest BCUT2D eigenvalue weighted by Gasteiger charge is -2.34. The smallest absolute Gasteiger partial charge is 0.255 e. The third-order valence-corrected chi connectivity index (χ3v) is 8.83. The Balaban J connectivity index is 1.30. The molecule has 0 N–H and O–H groups in total. The maximum absolute atomic E-state index is 13.8. The molecule has 10 heteroatoms. The lowest BCUT2D eigenvalue weighted by molar-refractivity contribution is 0.0745. The van der Waals surface area contributed by atoms with Crippen LogP contribution in [0.4, 0.5) is 5.95 Å². The molecular formula is C28H25ClN6OS2. The van der Waals surface area contributed by atoms with Gasteiger partial charge in [0, 0.05) is 60.1 Å². The maximum Gasteiger partial charge on any atom is 0.255 e. The number of halogens is 1. The molecule has 1 saturated heterocycles. The monoisotopic (exact) mass is 560 g/mol. The second-order valence-corrected chi connectivity index (χ2v) is 11.3. The Hall–Kier alpha value is -3.53. The predicted octanol–water partition coefficient (Wildman–Crippen LogP) is 6.10. The average Bonchev–Trinajstić information content (AvgIpc) is 3.71. The summed E-state index contributed by atoms with van der Waals surface area (Å²) in [4.78, 5) is 32.7. The highest BCUT2D eigenvalue weighted by Crippen LogP contribution is 2.35. The van der Waals surface area contributed by atoms with E-state index in [1.165, 1.54) is 4.88 Å². The van der Waals surface area contributed by atoms with Crippen LogP contribution in [0.5, 0.6) is 0 Å². The molecule has 0 unspecified atom stereocenters. The zero-order chi connectivity index (χ0) is 26.1. The summed E-state index contributed by atoms with van der Waals surface area (Å²) in [7, 11) is 0. The van der Waals surface area contributed by atoms with Crippen molar-refractivity contribution < 1.29 is 4.79 Å². The van der Waals surface area contributed by atoms with Gasteiger partial charge in [0.2, 0.25) is 5.95 Å². The van der Waals surface area contributed by atoms with E-state index in [0.29, 0.717) is 49.3 Å². The van der Waals surface area contributed by atoms with Gasteiger partial charge >= 0.3 is 0 Å². The van der Waals surface area contributed by atoms with E-state index in [1.54, 1.807) is 35.1 Å². The normalized spacial score (nSPS) is 13.7. The Bertz CT molecular complexity index is 1560. The first-order valence-corrected chi connectivity index (χ1v) is 14.5. The number of thiazole rings is 1. The molecule has 0 atom stereocenters. The predicted molar refractivity (Wildman–Crippen MR) is 154 cm³/mol. The fraction of sp³-hybridized carbons (Fsp3) is 0.214. The minimum atomic E-state index is 0.0452. The number of benzene rings is 1. The molecule has 1 aliphatic heterocycles. The van der Waals surface area contributed by atoms with E-state index < -0.39 is 0 Å². The number of rotatable bonds is 6. The first-order chi connectivity index (χ1) is 18.6. The number of anilines is 1. The number of hydrogen-bond donors (Lipinski definition) is 0. The van der Waals surface area contributed by atoms with Crippen molar-refractivity contribution >= 4 is 46.1 Å². The van der Waals surface area contributed by atoms with E-state index in [-0.39, 0.29) is 5.91 Å². The molecular weight excluding hydrogens is 536 g/mol. The van der Waals surface area contributed by atoms with Crippen molar-refractivity contribution in [3.05, 3.63) is 92.8 Å². The van der Waals surface area contributed by atoms with E-state index in [0.717, 1.165) is 27.7 Å². The van der Waals surface area contributed by atoms with Crippen molar-refractivity contribution in [1.82, 2.24) is 24.4 Å². The number of carbonyl (C=O) groups is 1. The van der Waals surface area contributed by atoms with Crippen LogP contribution in [0.1, 0.15) is 20.9 Å². The summed E-state index contributed by atoms with van der Waals surface area (Å²) in [5.74, 6) is 0.752. The minimum Gasteiger partial charge on any atom is -0.338 e. The Morgan fingerprint density at radius 3 is 2.53 bits per heavy atom. The van der Waals surface area contributed by atoms with Crippen LogP contribution in [0.3, 0.4) is 0 Å². The fourth-order valence-corrected chi connectivity index (χ4v) is 6.55. The number of nitrogens with zero attached hydrogens (tertiary/aromatic N) is 6. The highest BCUT2D eigenvalue weighted by Gasteiger charge is 2.27. The molecule has 6 rings (SSSR count). The highest BCUT2D eigenvalue weighted by molar-refractivity contribution is 7.13. The van der Waals surface area contributed by atoms with Gasteiger partial charge in [-0.1, -0.05) is 35.9 Å². The lowest BCUT2D eigenvalue weighted by atomic mass is 10.2. The molecule has 1 fully saturated rings. The third kappa shape index (κ3) is 4.84. The van der Waals surface area contributed by atoms with Crippen molar-refractivity contribution in [1.29, 1.82) is 0 Å². The number of aromatic nitrogens is 4. The molecule has 0 saturated carbocycles. The molecule has 5 heterocycles. The van der Waals surface area contributed by atoms with E-state index in [1.807, 2.05) is 53.6 Å². The van der Waals surface area contributed by atoms with Crippen LogP contribution in [0.2, 0.25) is 5.02 Å². The van der Waals surface area contributed by atoms with Crippen LogP contribution in [0, 0.1) is 6.92 Å². The van der Waals surface area contributed by atoms with Crippen LogP contribution in [0.25, 0.3) is 22.0 Å². The Kier molecular flexibility index (Phi) is 6.97. The quantitative estimate of drug-likeness (QED) is 0.251. The SMILES string of the molecule is Cc1c(C(=O)N2CCN(c3ncccn3)CC2)cc(-c2csc(-c3ccccc3Cl)n2)n1Cc1cccs1. The zero-order valence-electron chi connectivity index (χ0n) is 20.7. The minimum absolute atomic E-state index is 0.0452. The molecule has 0 spiro atoms. The zero-order valence-corrected chi connectivity index (χ0v) is 23.1. The van der Waals surface area contributed by atoms with Gasteiger partial charge in [0.05, 0.1) is 28.5 Å². The van der Waals surface area contributed by atoms with Gasteiger partial charge < -0.3 is 14.4 Å². The summed E-state index contributed by atoms with van der Waals surface area (Å²) in [5.41, 5.74) is 4.35. The van der Waals surface area contributed by atoms with Crippen LogP contribution in [0.15, 0.2) is 71.7 Å². The second-order valence-electron chi connectivity index (χ2n) is 9.04. The van der Waals surface area contributed by atoms with Gasteiger partial charge in [-0.15, -0.1) is 22.7 Å². The van der Waals surface area contributed by atoms with Crippen LogP contribution in [-0.2, 0) is 6.54 Å². The van der Waals surface area contributed by atoms with Crippen LogP contribution >= 0.6 is 34.3 Å². The van der Waals surface area contributed by atoms with Gasteiger partial charge in [-0.25, -0.2) is 15.0 Å². The number of piperazine rings is 1. The second kappa shape index (κ2) is 10.7. The van der Waals surface area contributed by atoms with Gasteiger partial charge in [0.1, 0.15) is 5.01 Å². The summed E-state index contributed by atoms with van der Waals surface area (Å²) in [6.45, 7) is 5.35. The molecule has 192 valence electrons. The summed E-state index contributed by atoms with van der Waals surface area (Å²) in [5, 5.41) is 5.66. The average molecular weight is 561 g/mol. The van der Waals surface area contributed by atoms with Crippen LogP contribution in [-0.4, -0.2) is 56.5 Å². The van der Waals surface area contributed by atoms with Gasteiger partial charge in [-0.2, -0.15) is 0 Å². The van der Waals surface area contributed by atoms with Gasteiger partial charge in [0.25, 0.3) is 5.91 Å². The van der Waals surface area contributed by atoms with Crippen molar-refractivity contribution in [2.24, 2.45) is 0 Å². The third-order valence-electron chi connectivity index (χ3n) is 6.76. The summed E-state index contributed by atoms with van der Waals surface area (Å²) >= 11 is 9.72. The van der Waals surface area contributed by atoms with Crippen LogP contribution < -0.4 is 4.90 Å². The standard InChI is InChI=1S/C28H25ClN6OS2/c1-19-22(27(36)33-11-13-34(14-12-33)28-30-9-5-10-31-28)16-25(35(19)17-20-6-4-15-37-20)24-18-38-26(32-24)21-7-2-3-8-23(21)29/h2-10,15-16,18H,11-14,17H2,1H3. The topological polar surface area (TPSA) is 67.2 Å². The van der Waals surface area contributed by atoms with E-state index >= 15 is 0 Å². The maximum atomic E-state index is 13.8. The van der Waals surface area contributed by atoms with Crippen molar-refractivity contribution in [2.75, 3.05) is 31.1 Å². The largest absolute Gasteiger partial charge is 0.338 e. The summed E-state index contributed by atoms with van der Waals surface area (Å²) in [6.07, 6.45) is 3.49. The van der Waals surface area contributed by atoms with E-state index in [2.05, 4.69) is 36.9 Å². The van der Waals surface area contributed by atoms with Crippen molar-refractivity contribution in [3.63, 3.8) is 0 Å².